The van der Waals surface area contributed by atoms with Gasteiger partial charge in [0.15, 0.2) is 5.78 Å². The molecule has 7 nitrogen and oxygen atoms in total. The molecule has 0 spiro atoms. The van der Waals surface area contributed by atoms with Crippen molar-refractivity contribution in [2.75, 3.05) is 23.8 Å². The van der Waals surface area contributed by atoms with Gasteiger partial charge in [0, 0.05) is 42.5 Å². The lowest BCUT2D eigenvalue weighted by atomic mass is 9.98. The largest absolute Gasteiger partial charge is 0.459 e. The summed E-state index contributed by atoms with van der Waals surface area (Å²) in [5.74, 6) is -0.549. The summed E-state index contributed by atoms with van der Waals surface area (Å²) in [5.41, 5.74) is 6.18. The number of amides is 2. The Bertz CT molecular complexity index is 1860. The number of rotatable bonds is 17. The molecule has 0 saturated heterocycles. The normalized spacial score (nSPS) is 11.3. The number of ether oxygens (including phenoxy) is 1. The maximum absolute atomic E-state index is 13.6. The van der Waals surface area contributed by atoms with E-state index in [0.717, 1.165) is 40.8 Å². The van der Waals surface area contributed by atoms with Crippen LogP contribution in [0.25, 0.3) is 11.1 Å². The maximum Gasteiger partial charge on any atom is 0.329 e. The molecule has 5 aromatic carbocycles. The Morgan fingerprint density at radius 2 is 1.37 bits per heavy atom. The number of para-hydroxylation sites is 1. The number of carbonyl (C=O) groups is 3. The molecule has 0 aromatic heterocycles. The first-order valence-electron chi connectivity index (χ1n) is 17.8. The molecule has 1 atom stereocenters. The van der Waals surface area contributed by atoms with Crippen molar-refractivity contribution in [2.24, 2.45) is 0 Å². The maximum atomic E-state index is 13.6. The molecule has 0 saturated carbocycles. The van der Waals surface area contributed by atoms with E-state index in [4.69, 9.17) is 4.74 Å². The standard InChI is InChI=1S/C44H47N3O4/c1-3-4-5-6-15-29-45-44(50)47(2)38-22-16-21-37(31-38)35-27-25-33(26-28-35)30-41(43(49)51-32-34-17-9-7-10-18-34)46-40-24-14-13-23-39(40)42(48)36-19-11-8-12-20-36/h7-14,16-28,31,41,46H,3-6,15,29-30,32H2,1-2H3,(H,45,50). The van der Waals surface area contributed by atoms with Gasteiger partial charge in [0.05, 0.1) is 0 Å². The molecule has 51 heavy (non-hydrogen) atoms. The van der Waals surface area contributed by atoms with E-state index in [-0.39, 0.29) is 18.4 Å². The van der Waals surface area contributed by atoms with Gasteiger partial charge in [-0.1, -0.05) is 142 Å². The van der Waals surface area contributed by atoms with Crippen LogP contribution in [0.2, 0.25) is 0 Å². The molecule has 2 amide bonds. The predicted octanol–water partition coefficient (Wildman–Crippen LogP) is 9.47. The van der Waals surface area contributed by atoms with Crippen LogP contribution < -0.4 is 15.5 Å². The van der Waals surface area contributed by atoms with E-state index >= 15 is 0 Å². The van der Waals surface area contributed by atoms with Gasteiger partial charge in [-0.3, -0.25) is 9.69 Å². The van der Waals surface area contributed by atoms with Gasteiger partial charge < -0.3 is 15.4 Å². The second kappa shape index (κ2) is 18.9. The van der Waals surface area contributed by atoms with Crippen molar-refractivity contribution < 1.29 is 19.1 Å². The third kappa shape index (κ3) is 10.6. The van der Waals surface area contributed by atoms with Crippen LogP contribution in [0.4, 0.5) is 16.2 Å². The lowest BCUT2D eigenvalue weighted by Crippen LogP contribution is -2.37. The summed E-state index contributed by atoms with van der Waals surface area (Å²) in [6, 6.07) is 40.9. The molecule has 262 valence electrons. The molecule has 5 rings (SSSR count). The SMILES string of the molecule is CCCCCCCNC(=O)N(C)c1cccc(-c2ccc(CC(Nc3ccccc3C(=O)c3ccccc3)C(=O)OCc3ccccc3)cc2)c1. The molecule has 0 heterocycles. The second-order valence-electron chi connectivity index (χ2n) is 12.7. The predicted molar refractivity (Wildman–Crippen MR) is 206 cm³/mol. The van der Waals surface area contributed by atoms with Crippen LogP contribution in [0.5, 0.6) is 0 Å². The van der Waals surface area contributed by atoms with E-state index in [1.54, 1.807) is 30.1 Å². The zero-order valence-electron chi connectivity index (χ0n) is 29.5. The summed E-state index contributed by atoms with van der Waals surface area (Å²) in [6.07, 6.45) is 6.06. The van der Waals surface area contributed by atoms with Crippen molar-refractivity contribution in [1.29, 1.82) is 0 Å². The lowest BCUT2D eigenvalue weighted by molar-refractivity contribution is -0.145. The second-order valence-corrected chi connectivity index (χ2v) is 12.7. The quantitative estimate of drug-likeness (QED) is 0.0580. The van der Waals surface area contributed by atoms with Crippen molar-refractivity contribution in [3.63, 3.8) is 0 Å². The Kier molecular flexibility index (Phi) is 13.6. The summed E-state index contributed by atoms with van der Waals surface area (Å²) in [4.78, 5) is 41.6. The first-order valence-corrected chi connectivity index (χ1v) is 17.8. The molecule has 1 unspecified atom stereocenters. The number of nitrogens with one attached hydrogen (secondary N) is 2. The number of anilines is 2. The van der Waals surface area contributed by atoms with Crippen LogP contribution in [0.3, 0.4) is 0 Å². The van der Waals surface area contributed by atoms with Gasteiger partial charge >= 0.3 is 12.0 Å². The van der Waals surface area contributed by atoms with Crippen molar-refractivity contribution in [2.45, 2.75) is 58.1 Å². The van der Waals surface area contributed by atoms with Gasteiger partial charge in [-0.2, -0.15) is 0 Å². The van der Waals surface area contributed by atoms with E-state index in [1.165, 1.54) is 19.3 Å². The molecular formula is C44H47N3O4. The minimum Gasteiger partial charge on any atom is -0.459 e. The highest BCUT2D eigenvalue weighted by atomic mass is 16.5. The van der Waals surface area contributed by atoms with Crippen molar-refractivity contribution >= 4 is 29.2 Å². The minimum absolute atomic E-state index is 0.122. The zero-order chi connectivity index (χ0) is 35.8. The molecule has 0 fully saturated rings. The van der Waals surface area contributed by atoms with Gasteiger partial charge in [-0.05, 0) is 52.9 Å². The van der Waals surface area contributed by atoms with E-state index in [9.17, 15) is 14.4 Å². The fourth-order valence-corrected chi connectivity index (χ4v) is 5.89. The van der Waals surface area contributed by atoms with Crippen LogP contribution in [-0.4, -0.2) is 37.4 Å². The van der Waals surface area contributed by atoms with E-state index < -0.39 is 12.0 Å². The van der Waals surface area contributed by atoms with Crippen LogP contribution >= 0.6 is 0 Å². The Morgan fingerprint density at radius 3 is 2.12 bits per heavy atom. The third-order valence-electron chi connectivity index (χ3n) is 8.87. The Hall–Kier alpha value is -5.69. The topological polar surface area (TPSA) is 87.7 Å². The van der Waals surface area contributed by atoms with Crippen LogP contribution in [0.15, 0.2) is 133 Å². The van der Waals surface area contributed by atoms with Crippen molar-refractivity contribution in [1.82, 2.24) is 5.32 Å². The van der Waals surface area contributed by atoms with Gasteiger partial charge in [0.1, 0.15) is 12.6 Å². The molecule has 7 heteroatoms. The Morgan fingerprint density at radius 1 is 0.686 bits per heavy atom. The first kappa shape index (κ1) is 36.6. The van der Waals surface area contributed by atoms with Gasteiger partial charge in [0.2, 0.25) is 0 Å². The molecule has 0 aliphatic rings. The van der Waals surface area contributed by atoms with E-state index in [1.807, 2.05) is 115 Å². The molecular weight excluding hydrogens is 635 g/mol. The third-order valence-corrected chi connectivity index (χ3v) is 8.87. The van der Waals surface area contributed by atoms with Crippen LogP contribution in [0, 0.1) is 0 Å². The lowest BCUT2D eigenvalue weighted by Gasteiger charge is -2.21. The summed E-state index contributed by atoms with van der Waals surface area (Å²) in [6.45, 7) is 3.00. The van der Waals surface area contributed by atoms with Crippen molar-refractivity contribution in [3.8, 4) is 11.1 Å². The van der Waals surface area contributed by atoms with E-state index in [0.29, 0.717) is 29.8 Å². The molecule has 0 radical (unpaired) electrons. The van der Waals surface area contributed by atoms with Gasteiger partial charge in [-0.25, -0.2) is 9.59 Å². The number of hydrogen-bond acceptors (Lipinski definition) is 5. The highest BCUT2D eigenvalue weighted by Crippen LogP contribution is 2.26. The summed E-state index contributed by atoms with van der Waals surface area (Å²) >= 11 is 0. The minimum atomic E-state index is -0.758. The summed E-state index contributed by atoms with van der Waals surface area (Å²) in [7, 11) is 1.78. The number of urea groups is 1. The zero-order valence-corrected chi connectivity index (χ0v) is 29.5. The monoisotopic (exact) mass is 681 g/mol. The highest BCUT2D eigenvalue weighted by Gasteiger charge is 2.24. The summed E-state index contributed by atoms with van der Waals surface area (Å²) < 4.78 is 5.79. The van der Waals surface area contributed by atoms with Gasteiger partial charge in [-0.15, -0.1) is 0 Å². The average Bonchev–Trinajstić information content (AvgIpc) is 3.18. The number of hydrogen-bond donors (Lipinski definition) is 2. The average molecular weight is 682 g/mol. The molecule has 2 N–H and O–H groups in total. The van der Waals surface area contributed by atoms with Gasteiger partial charge in [0.25, 0.3) is 0 Å². The van der Waals surface area contributed by atoms with Crippen molar-refractivity contribution in [3.05, 3.63) is 156 Å². The number of unbranched alkanes of at least 4 members (excludes halogenated alkanes) is 4. The molecule has 0 aliphatic carbocycles. The highest BCUT2D eigenvalue weighted by molar-refractivity contribution is 6.12. The smallest absolute Gasteiger partial charge is 0.329 e. The first-order chi connectivity index (χ1) is 24.9. The molecule has 5 aromatic rings. The Labute approximate surface area is 301 Å². The summed E-state index contributed by atoms with van der Waals surface area (Å²) in [5, 5.41) is 6.38. The number of ketones is 1. The van der Waals surface area contributed by atoms with Crippen LogP contribution in [-0.2, 0) is 22.6 Å². The number of benzene rings is 5. The fourth-order valence-electron chi connectivity index (χ4n) is 5.89. The molecule has 0 bridgehead atoms. The van der Waals surface area contributed by atoms with E-state index in [2.05, 4.69) is 17.6 Å². The number of esters is 1. The number of carbonyl (C=O) groups excluding carboxylic acids is 3. The number of nitrogens with zero attached hydrogens (tertiary/aromatic N) is 1. The van der Waals surface area contributed by atoms with Crippen LogP contribution in [0.1, 0.15) is 66.1 Å². The Balaban J connectivity index is 1.30. The fraction of sp³-hybridized carbons (Fsp3) is 0.250. The molecule has 0 aliphatic heterocycles.